The van der Waals surface area contributed by atoms with Gasteiger partial charge in [0.2, 0.25) is 5.43 Å². The van der Waals surface area contributed by atoms with E-state index in [9.17, 15) is 19.5 Å². The van der Waals surface area contributed by atoms with Crippen molar-refractivity contribution in [1.29, 1.82) is 0 Å². The van der Waals surface area contributed by atoms with Gasteiger partial charge in [-0.05, 0) is 40.2 Å². The number of carboxylic acids is 1. The molecular formula is C23H29N5O5S. The van der Waals surface area contributed by atoms with Gasteiger partial charge in [-0.3, -0.25) is 9.59 Å². The van der Waals surface area contributed by atoms with Crippen molar-refractivity contribution >= 4 is 50.6 Å². The number of piperazine rings is 1. The van der Waals surface area contributed by atoms with Gasteiger partial charge in [0.05, 0.1) is 0 Å². The smallest absolute Gasteiger partial charge is 0.410 e. The summed E-state index contributed by atoms with van der Waals surface area (Å²) in [5, 5.41) is 9.61. The number of thiophene rings is 1. The molecule has 1 aliphatic rings. The summed E-state index contributed by atoms with van der Waals surface area (Å²) >= 11 is 1.46. The van der Waals surface area contributed by atoms with E-state index in [4.69, 9.17) is 4.74 Å². The molecule has 1 N–H and O–H groups in total. The molecule has 4 heterocycles. The highest BCUT2D eigenvalue weighted by molar-refractivity contribution is 7.18. The number of rotatable bonds is 4. The molecule has 0 aliphatic carbocycles. The third kappa shape index (κ3) is 4.56. The fourth-order valence-corrected chi connectivity index (χ4v) is 5.05. The highest BCUT2D eigenvalue weighted by Gasteiger charge is 2.30. The van der Waals surface area contributed by atoms with Gasteiger partial charge in [-0.15, -0.1) is 11.3 Å². The van der Waals surface area contributed by atoms with E-state index in [0.29, 0.717) is 54.3 Å². The van der Waals surface area contributed by atoms with Crippen molar-refractivity contribution in [2.75, 3.05) is 31.1 Å². The van der Waals surface area contributed by atoms with Crippen LogP contribution in [0.15, 0.2) is 10.9 Å². The molecule has 0 spiro atoms. The highest BCUT2D eigenvalue weighted by Crippen LogP contribution is 2.28. The predicted molar refractivity (Wildman–Crippen MR) is 131 cm³/mol. The van der Waals surface area contributed by atoms with Crippen molar-refractivity contribution in [3.63, 3.8) is 0 Å². The second-order valence-corrected chi connectivity index (χ2v) is 10.6. The predicted octanol–water partition coefficient (Wildman–Crippen LogP) is 3.02. The largest absolute Gasteiger partial charge is 0.480 e. The van der Waals surface area contributed by atoms with Crippen molar-refractivity contribution < 1.29 is 19.4 Å². The Hall–Kier alpha value is -3.21. The zero-order chi connectivity index (χ0) is 24.8. The fourth-order valence-electron chi connectivity index (χ4n) is 4.24. The second-order valence-electron chi connectivity index (χ2n) is 9.36. The minimum Gasteiger partial charge on any atom is -0.480 e. The molecule has 1 aliphatic heterocycles. The Morgan fingerprint density at radius 3 is 2.44 bits per heavy atom. The summed E-state index contributed by atoms with van der Waals surface area (Å²) in [6.45, 7) is 10.6. The molecule has 0 bridgehead atoms. The van der Waals surface area contributed by atoms with Crippen LogP contribution in [0.1, 0.15) is 38.3 Å². The first-order valence-corrected chi connectivity index (χ1v) is 12.1. The summed E-state index contributed by atoms with van der Waals surface area (Å²) in [4.78, 5) is 52.4. The standard InChI is InChI=1S/C23H29N5O5S/c1-6-15-18(26-7-9-27(10-8-26)22(32)33-23(3,4)5)19(31)17-20(28(15)12-16(29)30)25-21-14(24-17)11-13(2)34-21/h11H,6-10,12H2,1-5H3,(H,29,30). The first-order chi connectivity index (χ1) is 16.0. The number of anilines is 1. The molecule has 0 aromatic carbocycles. The van der Waals surface area contributed by atoms with Gasteiger partial charge in [0.1, 0.15) is 28.2 Å². The maximum Gasteiger partial charge on any atom is 0.410 e. The number of aliphatic carboxylic acids is 1. The zero-order valence-electron chi connectivity index (χ0n) is 20.0. The molecule has 1 saturated heterocycles. The number of carboxylic acid groups (broad SMARTS) is 1. The van der Waals surface area contributed by atoms with Crippen LogP contribution >= 0.6 is 11.3 Å². The fraction of sp³-hybridized carbons (Fsp3) is 0.522. The number of hydrogen-bond acceptors (Lipinski definition) is 8. The van der Waals surface area contributed by atoms with E-state index in [1.165, 1.54) is 11.3 Å². The number of fused-ring (bicyclic) bond motifs is 2. The molecule has 1 fully saturated rings. The molecule has 3 aromatic rings. The highest BCUT2D eigenvalue weighted by atomic mass is 32.1. The van der Waals surface area contributed by atoms with Crippen LogP contribution in [0.5, 0.6) is 0 Å². The van der Waals surface area contributed by atoms with Crippen LogP contribution in [0.2, 0.25) is 0 Å². The lowest BCUT2D eigenvalue weighted by atomic mass is 10.1. The topological polar surface area (TPSA) is 118 Å². The van der Waals surface area contributed by atoms with Gasteiger partial charge in [-0.1, -0.05) is 6.92 Å². The number of amides is 1. The van der Waals surface area contributed by atoms with Gasteiger partial charge >= 0.3 is 12.1 Å². The normalized spacial score (nSPS) is 14.7. The molecule has 34 heavy (non-hydrogen) atoms. The molecule has 0 atom stereocenters. The summed E-state index contributed by atoms with van der Waals surface area (Å²) in [7, 11) is 0. The van der Waals surface area contributed by atoms with Crippen LogP contribution in [0.25, 0.3) is 21.5 Å². The first-order valence-electron chi connectivity index (χ1n) is 11.3. The molecule has 3 aromatic heterocycles. The number of pyridine rings is 1. The quantitative estimate of drug-likeness (QED) is 0.597. The average Bonchev–Trinajstić information content (AvgIpc) is 3.12. The van der Waals surface area contributed by atoms with Gasteiger partial charge < -0.3 is 24.2 Å². The van der Waals surface area contributed by atoms with Crippen LogP contribution in [-0.4, -0.2) is 68.4 Å². The zero-order valence-corrected chi connectivity index (χ0v) is 20.9. The van der Waals surface area contributed by atoms with Crippen molar-refractivity contribution in [1.82, 2.24) is 19.4 Å². The van der Waals surface area contributed by atoms with Crippen LogP contribution < -0.4 is 10.3 Å². The number of hydrogen-bond donors (Lipinski definition) is 1. The third-order valence-electron chi connectivity index (χ3n) is 5.63. The maximum absolute atomic E-state index is 13.7. The van der Waals surface area contributed by atoms with Gasteiger partial charge in [-0.25, -0.2) is 14.8 Å². The van der Waals surface area contributed by atoms with Crippen LogP contribution in [0, 0.1) is 6.92 Å². The Labute approximate surface area is 200 Å². The van der Waals surface area contributed by atoms with E-state index in [-0.39, 0.29) is 29.2 Å². The lowest BCUT2D eigenvalue weighted by molar-refractivity contribution is -0.137. The molecule has 10 nitrogen and oxygen atoms in total. The molecule has 0 radical (unpaired) electrons. The number of aryl methyl sites for hydroxylation is 1. The summed E-state index contributed by atoms with van der Waals surface area (Å²) in [5.41, 5.74) is 1.25. The Balaban J connectivity index is 1.79. The van der Waals surface area contributed by atoms with Crippen LogP contribution in [-0.2, 0) is 22.5 Å². The van der Waals surface area contributed by atoms with E-state index in [1.807, 2.05) is 45.6 Å². The summed E-state index contributed by atoms with van der Waals surface area (Å²) in [6, 6.07) is 1.88. The number of aromatic nitrogens is 3. The number of ether oxygens (including phenoxy) is 1. The molecule has 1 amide bonds. The number of carbonyl (C=O) groups is 2. The Kier molecular flexibility index (Phi) is 6.24. The minimum atomic E-state index is -1.02. The SMILES string of the molecule is CCc1c(N2CCN(C(=O)OC(C)(C)C)CC2)c(=O)c2nc3cc(C)sc3nc2n1CC(=O)O. The molecule has 4 rings (SSSR count). The van der Waals surface area contributed by atoms with Gasteiger partial charge in [0.25, 0.3) is 0 Å². The van der Waals surface area contributed by atoms with E-state index >= 15 is 0 Å². The Morgan fingerprint density at radius 1 is 1.18 bits per heavy atom. The third-order valence-corrected chi connectivity index (χ3v) is 6.56. The first kappa shape index (κ1) is 23.9. The maximum atomic E-state index is 13.7. The second kappa shape index (κ2) is 8.86. The molecule has 182 valence electrons. The van der Waals surface area contributed by atoms with Crippen molar-refractivity contribution in [3.8, 4) is 0 Å². The molecule has 11 heteroatoms. The number of nitrogens with zero attached hydrogens (tertiary/aromatic N) is 5. The summed E-state index contributed by atoms with van der Waals surface area (Å²) in [5.74, 6) is -1.02. The Bertz CT molecular complexity index is 1330. The van der Waals surface area contributed by atoms with E-state index in [2.05, 4.69) is 9.97 Å². The van der Waals surface area contributed by atoms with E-state index < -0.39 is 11.6 Å². The lowest BCUT2D eigenvalue weighted by Gasteiger charge is -2.37. The molecular weight excluding hydrogens is 458 g/mol. The molecule has 0 unspecified atom stereocenters. The summed E-state index contributed by atoms with van der Waals surface area (Å²) in [6.07, 6.45) is 0.0641. The van der Waals surface area contributed by atoms with Crippen molar-refractivity contribution in [3.05, 3.63) is 26.9 Å². The summed E-state index contributed by atoms with van der Waals surface area (Å²) < 4.78 is 7.06. The van der Waals surface area contributed by atoms with E-state index in [1.54, 1.807) is 9.47 Å². The average molecular weight is 488 g/mol. The number of carbonyl (C=O) groups excluding carboxylic acids is 1. The lowest BCUT2D eigenvalue weighted by Crippen LogP contribution is -2.51. The van der Waals surface area contributed by atoms with Crippen molar-refractivity contribution in [2.24, 2.45) is 0 Å². The van der Waals surface area contributed by atoms with Crippen LogP contribution in [0.3, 0.4) is 0 Å². The monoisotopic (exact) mass is 487 g/mol. The van der Waals surface area contributed by atoms with Gasteiger partial charge in [0, 0.05) is 36.8 Å². The van der Waals surface area contributed by atoms with Crippen molar-refractivity contribution in [2.45, 2.75) is 53.2 Å². The van der Waals surface area contributed by atoms with Gasteiger partial charge in [0.15, 0.2) is 11.2 Å². The van der Waals surface area contributed by atoms with Gasteiger partial charge in [-0.2, -0.15) is 0 Å². The van der Waals surface area contributed by atoms with E-state index in [0.717, 1.165) is 4.88 Å². The molecule has 0 saturated carbocycles. The Morgan fingerprint density at radius 2 is 1.85 bits per heavy atom. The minimum absolute atomic E-state index is 0.160. The van der Waals surface area contributed by atoms with Crippen LogP contribution in [0.4, 0.5) is 10.5 Å².